The second kappa shape index (κ2) is 9.89. The standard InChI is InChI=1S/C22H22ClN3O3/c1-16(10-11-17-7-3-2-4-8-17)24-20(27)15-29-21(28)13-12-18-22(23)25-19-9-5-6-14-26(18)19/h2-9,12-14,16H,10-11,15H2,1H3,(H,24,27)/b13-12+/t16-/m1/s1. The first kappa shape index (κ1) is 20.6. The van der Waals surface area contributed by atoms with Gasteiger partial charge in [-0.25, -0.2) is 9.78 Å². The lowest BCUT2D eigenvalue weighted by Gasteiger charge is -2.13. The van der Waals surface area contributed by atoms with E-state index < -0.39 is 5.97 Å². The van der Waals surface area contributed by atoms with Crippen LogP contribution in [0.5, 0.6) is 0 Å². The number of aryl methyl sites for hydroxylation is 1. The fourth-order valence-corrected chi connectivity index (χ4v) is 3.12. The maximum atomic E-state index is 12.0. The molecule has 2 heterocycles. The topological polar surface area (TPSA) is 72.7 Å². The number of halogens is 1. The van der Waals surface area contributed by atoms with Crippen molar-refractivity contribution in [3.05, 3.63) is 77.2 Å². The molecule has 6 nitrogen and oxygen atoms in total. The Kier molecular flexibility index (Phi) is 7.03. The van der Waals surface area contributed by atoms with Crippen LogP contribution in [0.2, 0.25) is 5.15 Å². The summed E-state index contributed by atoms with van der Waals surface area (Å²) in [5.74, 6) is -0.959. The van der Waals surface area contributed by atoms with Gasteiger partial charge in [0.1, 0.15) is 5.65 Å². The molecule has 3 aromatic rings. The van der Waals surface area contributed by atoms with Crippen LogP contribution in [0.15, 0.2) is 60.8 Å². The maximum absolute atomic E-state index is 12.0. The monoisotopic (exact) mass is 411 g/mol. The lowest BCUT2D eigenvalue weighted by Crippen LogP contribution is -2.36. The highest BCUT2D eigenvalue weighted by molar-refractivity contribution is 6.31. The number of nitrogens with zero attached hydrogens (tertiary/aromatic N) is 2. The Hall–Kier alpha value is -3.12. The van der Waals surface area contributed by atoms with Crippen molar-refractivity contribution in [1.82, 2.24) is 14.7 Å². The highest BCUT2D eigenvalue weighted by Gasteiger charge is 2.11. The number of carbonyl (C=O) groups is 2. The molecule has 0 fully saturated rings. The lowest BCUT2D eigenvalue weighted by atomic mass is 10.1. The molecule has 1 N–H and O–H groups in total. The van der Waals surface area contributed by atoms with Crippen LogP contribution in [0.3, 0.4) is 0 Å². The summed E-state index contributed by atoms with van der Waals surface area (Å²) in [4.78, 5) is 28.1. The Labute approximate surface area is 174 Å². The van der Waals surface area contributed by atoms with Gasteiger partial charge in [-0.1, -0.05) is 48.0 Å². The molecule has 1 amide bonds. The van der Waals surface area contributed by atoms with E-state index in [0.717, 1.165) is 12.8 Å². The van der Waals surface area contributed by atoms with Crippen molar-refractivity contribution in [2.45, 2.75) is 25.8 Å². The summed E-state index contributed by atoms with van der Waals surface area (Å²) >= 11 is 6.11. The zero-order valence-corrected chi connectivity index (χ0v) is 16.8. The highest BCUT2D eigenvalue weighted by Crippen LogP contribution is 2.18. The zero-order chi connectivity index (χ0) is 20.6. The van der Waals surface area contributed by atoms with Gasteiger partial charge in [-0.2, -0.15) is 0 Å². The quantitative estimate of drug-likeness (QED) is 0.453. The van der Waals surface area contributed by atoms with E-state index in [-0.39, 0.29) is 23.7 Å². The van der Waals surface area contributed by atoms with Crippen LogP contribution in [-0.4, -0.2) is 33.9 Å². The van der Waals surface area contributed by atoms with Crippen LogP contribution in [0.1, 0.15) is 24.6 Å². The van der Waals surface area contributed by atoms with Gasteiger partial charge < -0.3 is 10.1 Å². The van der Waals surface area contributed by atoms with E-state index in [9.17, 15) is 9.59 Å². The van der Waals surface area contributed by atoms with E-state index in [4.69, 9.17) is 16.3 Å². The normalized spacial score (nSPS) is 12.2. The predicted octanol–water partition coefficient (Wildman–Crippen LogP) is 3.68. The summed E-state index contributed by atoms with van der Waals surface area (Å²) in [6.45, 7) is 1.59. The average Bonchev–Trinajstić information content (AvgIpc) is 3.05. The Morgan fingerprint density at radius 1 is 1.21 bits per heavy atom. The molecule has 1 aromatic carbocycles. The minimum absolute atomic E-state index is 0.0195. The number of ether oxygens (including phenoxy) is 1. The van der Waals surface area contributed by atoms with Crippen molar-refractivity contribution >= 4 is 35.2 Å². The molecule has 0 saturated carbocycles. The van der Waals surface area contributed by atoms with Crippen LogP contribution in [0.25, 0.3) is 11.7 Å². The third kappa shape index (κ3) is 5.93. The molecule has 0 radical (unpaired) electrons. The number of carbonyl (C=O) groups excluding carboxylic acids is 2. The summed E-state index contributed by atoms with van der Waals surface area (Å²) in [5, 5.41) is 3.12. The average molecular weight is 412 g/mol. The van der Waals surface area contributed by atoms with E-state index >= 15 is 0 Å². The minimum Gasteiger partial charge on any atom is -0.452 e. The predicted molar refractivity (Wildman–Crippen MR) is 113 cm³/mol. The van der Waals surface area contributed by atoms with Gasteiger partial charge in [0.25, 0.3) is 5.91 Å². The summed E-state index contributed by atoms with van der Waals surface area (Å²) in [6.07, 6.45) is 6.21. The van der Waals surface area contributed by atoms with Crippen molar-refractivity contribution in [3.63, 3.8) is 0 Å². The van der Waals surface area contributed by atoms with E-state index in [2.05, 4.69) is 22.4 Å². The van der Waals surface area contributed by atoms with E-state index in [1.165, 1.54) is 17.7 Å². The van der Waals surface area contributed by atoms with Crippen molar-refractivity contribution in [2.75, 3.05) is 6.61 Å². The number of amides is 1. The lowest BCUT2D eigenvalue weighted by molar-refractivity contribution is -0.144. The van der Waals surface area contributed by atoms with Gasteiger partial charge in [-0.05, 0) is 43.5 Å². The molecule has 7 heteroatoms. The molecule has 0 spiro atoms. The Balaban J connectivity index is 1.44. The number of fused-ring (bicyclic) bond motifs is 1. The number of esters is 1. The van der Waals surface area contributed by atoms with Crippen molar-refractivity contribution < 1.29 is 14.3 Å². The van der Waals surface area contributed by atoms with Crippen LogP contribution in [0, 0.1) is 0 Å². The Bertz CT molecular complexity index is 1010. The van der Waals surface area contributed by atoms with Crippen molar-refractivity contribution in [1.29, 1.82) is 0 Å². The number of hydrogen-bond donors (Lipinski definition) is 1. The molecule has 0 saturated heterocycles. The molecule has 0 aliphatic carbocycles. The molecule has 2 aromatic heterocycles. The number of pyridine rings is 1. The van der Waals surface area contributed by atoms with E-state index in [1.54, 1.807) is 10.6 Å². The van der Waals surface area contributed by atoms with Crippen LogP contribution in [-0.2, 0) is 20.7 Å². The van der Waals surface area contributed by atoms with Gasteiger partial charge in [0, 0.05) is 18.3 Å². The van der Waals surface area contributed by atoms with E-state index in [0.29, 0.717) is 11.3 Å². The highest BCUT2D eigenvalue weighted by atomic mass is 35.5. The van der Waals surface area contributed by atoms with Gasteiger partial charge in [-0.3, -0.25) is 9.20 Å². The number of imidazole rings is 1. The fourth-order valence-electron chi connectivity index (χ4n) is 2.88. The first-order valence-electron chi connectivity index (χ1n) is 9.33. The van der Waals surface area contributed by atoms with Gasteiger partial charge in [0.05, 0.1) is 5.69 Å². The SMILES string of the molecule is C[C@H](CCc1ccccc1)NC(=O)COC(=O)/C=C/c1c(Cl)nc2ccccn12. The number of benzene rings is 1. The van der Waals surface area contributed by atoms with Crippen LogP contribution in [0.4, 0.5) is 0 Å². The Morgan fingerprint density at radius 2 is 1.97 bits per heavy atom. The molecule has 29 heavy (non-hydrogen) atoms. The van der Waals surface area contributed by atoms with Crippen LogP contribution >= 0.6 is 11.6 Å². The summed E-state index contributed by atoms with van der Waals surface area (Å²) in [7, 11) is 0. The molecule has 0 aliphatic rings. The molecule has 150 valence electrons. The van der Waals surface area contributed by atoms with Gasteiger partial charge >= 0.3 is 5.97 Å². The van der Waals surface area contributed by atoms with Crippen LogP contribution < -0.4 is 5.32 Å². The minimum atomic E-state index is -0.626. The van der Waals surface area contributed by atoms with Gasteiger partial charge in [0.2, 0.25) is 0 Å². The second-order valence-corrected chi connectivity index (χ2v) is 7.01. The number of aromatic nitrogens is 2. The second-order valence-electron chi connectivity index (χ2n) is 6.65. The van der Waals surface area contributed by atoms with E-state index in [1.807, 2.05) is 43.3 Å². The van der Waals surface area contributed by atoms with Gasteiger partial charge in [0.15, 0.2) is 11.8 Å². The first-order chi connectivity index (χ1) is 14.0. The van der Waals surface area contributed by atoms with Gasteiger partial charge in [-0.15, -0.1) is 0 Å². The molecule has 1 atom stereocenters. The summed E-state index contributed by atoms with van der Waals surface area (Å²) < 4.78 is 6.76. The Morgan fingerprint density at radius 3 is 2.76 bits per heavy atom. The molecule has 0 bridgehead atoms. The van der Waals surface area contributed by atoms with Crippen molar-refractivity contribution in [2.24, 2.45) is 0 Å². The maximum Gasteiger partial charge on any atom is 0.331 e. The largest absolute Gasteiger partial charge is 0.452 e. The number of rotatable bonds is 8. The zero-order valence-electron chi connectivity index (χ0n) is 16.0. The van der Waals surface area contributed by atoms with Crippen molar-refractivity contribution in [3.8, 4) is 0 Å². The molecule has 0 unspecified atom stereocenters. The molecular formula is C22H22ClN3O3. The molecule has 3 rings (SSSR count). The smallest absolute Gasteiger partial charge is 0.331 e. The first-order valence-corrected chi connectivity index (χ1v) is 9.71. The summed E-state index contributed by atoms with van der Waals surface area (Å²) in [6, 6.07) is 15.5. The molecular weight excluding hydrogens is 390 g/mol. The third-order valence-corrected chi connectivity index (χ3v) is 4.64. The fraction of sp³-hybridized carbons (Fsp3) is 0.227. The number of nitrogens with one attached hydrogen (secondary N) is 1. The molecule has 0 aliphatic heterocycles. The summed E-state index contributed by atoms with van der Waals surface area (Å²) in [5.41, 5.74) is 2.46. The third-order valence-electron chi connectivity index (χ3n) is 4.36. The number of hydrogen-bond acceptors (Lipinski definition) is 4.